The topological polar surface area (TPSA) is 12.0 Å². The molecule has 0 aliphatic carbocycles. The third kappa shape index (κ3) is 4.08. The molecule has 0 aromatic heterocycles. The van der Waals surface area contributed by atoms with E-state index in [1.54, 1.807) is 0 Å². The highest BCUT2D eigenvalue weighted by Crippen LogP contribution is 2.16. The van der Waals surface area contributed by atoms with Crippen molar-refractivity contribution in [1.82, 2.24) is 0 Å². The summed E-state index contributed by atoms with van der Waals surface area (Å²) in [4.78, 5) is 0. The van der Waals surface area contributed by atoms with Crippen molar-refractivity contribution in [3.8, 4) is 12.3 Å². The van der Waals surface area contributed by atoms with Crippen LogP contribution in [0.5, 0.6) is 0 Å². The molecule has 80 valence electrons. The lowest BCUT2D eigenvalue weighted by Gasteiger charge is -2.08. The number of terminal acetylenes is 1. The highest BCUT2D eigenvalue weighted by molar-refractivity contribution is 5.45. The van der Waals surface area contributed by atoms with Crippen LogP contribution in [0.4, 0.5) is 5.69 Å². The van der Waals surface area contributed by atoms with E-state index in [0.29, 0.717) is 5.92 Å². The second-order valence-corrected chi connectivity index (χ2v) is 4.01. The van der Waals surface area contributed by atoms with Gasteiger partial charge in [-0.2, -0.15) is 0 Å². The Bertz CT molecular complexity index is 316. The zero-order valence-electron chi connectivity index (χ0n) is 9.59. The maximum Gasteiger partial charge on any atom is 0.0340 e. The average molecular weight is 201 g/mol. The van der Waals surface area contributed by atoms with Gasteiger partial charge in [0.15, 0.2) is 0 Å². The van der Waals surface area contributed by atoms with Gasteiger partial charge in [0.1, 0.15) is 0 Å². The SMILES string of the molecule is C#CCCCNc1ccc(C(C)C)cc1. The van der Waals surface area contributed by atoms with Gasteiger partial charge in [0.05, 0.1) is 0 Å². The van der Waals surface area contributed by atoms with Gasteiger partial charge in [-0.05, 0) is 30.0 Å². The van der Waals surface area contributed by atoms with Crippen molar-refractivity contribution in [2.75, 3.05) is 11.9 Å². The predicted molar refractivity (Wildman–Crippen MR) is 67.1 cm³/mol. The molecule has 0 amide bonds. The van der Waals surface area contributed by atoms with Crippen LogP contribution in [-0.2, 0) is 0 Å². The summed E-state index contributed by atoms with van der Waals surface area (Å²) < 4.78 is 0. The van der Waals surface area contributed by atoms with Gasteiger partial charge in [0.2, 0.25) is 0 Å². The van der Waals surface area contributed by atoms with E-state index in [-0.39, 0.29) is 0 Å². The largest absolute Gasteiger partial charge is 0.385 e. The molecule has 0 fully saturated rings. The smallest absolute Gasteiger partial charge is 0.0340 e. The summed E-state index contributed by atoms with van der Waals surface area (Å²) in [6, 6.07) is 8.61. The number of nitrogens with one attached hydrogen (secondary N) is 1. The summed E-state index contributed by atoms with van der Waals surface area (Å²) in [7, 11) is 0. The van der Waals surface area contributed by atoms with Crippen LogP contribution in [0, 0.1) is 12.3 Å². The Balaban J connectivity index is 2.40. The van der Waals surface area contributed by atoms with Crippen LogP contribution in [-0.4, -0.2) is 6.54 Å². The van der Waals surface area contributed by atoms with Gasteiger partial charge in [0.25, 0.3) is 0 Å². The van der Waals surface area contributed by atoms with E-state index in [9.17, 15) is 0 Å². The van der Waals surface area contributed by atoms with Crippen molar-refractivity contribution in [2.24, 2.45) is 0 Å². The zero-order chi connectivity index (χ0) is 11.1. The fourth-order valence-corrected chi connectivity index (χ4v) is 1.41. The molecule has 1 nitrogen and oxygen atoms in total. The summed E-state index contributed by atoms with van der Waals surface area (Å²) in [5.41, 5.74) is 2.56. The number of rotatable bonds is 5. The predicted octanol–water partition coefficient (Wildman–Crippen LogP) is 3.64. The number of unbranched alkanes of at least 4 members (excludes halogenated alkanes) is 1. The first-order valence-corrected chi connectivity index (χ1v) is 5.51. The molecule has 0 aliphatic rings. The van der Waals surface area contributed by atoms with Crippen molar-refractivity contribution in [1.29, 1.82) is 0 Å². The Morgan fingerprint density at radius 3 is 2.47 bits per heavy atom. The molecule has 0 unspecified atom stereocenters. The molecule has 0 atom stereocenters. The first-order valence-electron chi connectivity index (χ1n) is 5.51. The van der Waals surface area contributed by atoms with Gasteiger partial charge in [-0.1, -0.05) is 26.0 Å². The number of anilines is 1. The molecule has 0 radical (unpaired) electrons. The first kappa shape index (κ1) is 11.7. The minimum Gasteiger partial charge on any atom is -0.385 e. The first-order chi connectivity index (χ1) is 7.24. The van der Waals surface area contributed by atoms with E-state index in [4.69, 9.17) is 6.42 Å². The quantitative estimate of drug-likeness (QED) is 0.566. The van der Waals surface area contributed by atoms with E-state index in [1.165, 1.54) is 11.3 Å². The Morgan fingerprint density at radius 1 is 1.27 bits per heavy atom. The van der Waals surface area contributed by atoms with Crippen LogP contribution in [0.1, 0.15) is 38.2 Å². The second-order valence-electron chi connectivity index (χ2n) is 4.01. The molecule has 0 saturated heterocycles. The Hall–Kier alpha value is -1.42. The molecule has 0 saturated carbocycles. The number of benzene rings is 1. The molecule has 1 aromatic rings. The zero-order valence-corrected chi connectivity index (χ0v) is 9.59. The lowest BCUT2D eigenvalue weighted by molar-refractivity contribution is 0.866. The molecular weight excluding hydrogens is 182 g/mol. The minimum atomic E-state index is 0.598. The molecule has 1 heteroatoms. The Kier molecular flexibility index (Phi) is 4.77. The van der Waals surface area contributed by atoms with Gasteiger partial charge in [-0.3, -0.25) is 0 Å². The molecule has 0 heterocycles. The summed E-state index contributed by atoms with van der Waals surface area (Å²) in [6.45, 7) is 5.36. The lowest BCUT2D eigenvalue weighted by atomic mass is 10.0. The van der Waals surface area contributed by atoms with Gasteiger partial charge in [0, 0.05) is 18.7 Å². The van der Waals surface area contributed by atoms with E-state index >= 15 is 0 Å². The van der Waals surface area contributed by atoms with E-state index in [0.717, 1.165) is 19.4 Å². The summed E-state index contributed by atoms with van der Waals surface area (Å²) in [5, 5.41) is 3.35. The van der Waals surface area contributed by atoms with Crippen molar-refractivity contribution in [2.45, 2.75) is 32.6 Å². The maximum atomic E-state index is 5.18. The monoisotopic (exact) mass is 201 g/mol. The number of hydrogen-bond acceptors (Lipinski definition) is 1. The third-order valence-electron chi connectivity index (χ3n) is 2.40. The second kappa shape index (κ2) is 6.14. The standard InChI is InChI=1S/C14H19N/c1-4-5-6-11-15-14-9-7-13(8-10-14)12(2)3/h1,7-10,12,15H,5-6,11H2,2-3H3. The molecule has 0 bridgehead atoms. The summed E-state index contributed by atoms with van der Waals surface area (Å²) in [5.74, 6) is 3.24. The van der Waals surface area contributed by atoms with Crippen LogP contribution < -0.4 is 5.32 Å². The molecule has 1 rings (SSSR count). The van der Waals surface area contributed by atoms with Crippen molar-refractivity contribution < 1.29 is 0 Å². The number of hydrogen-bond donors (Lipinski definition) is 1. The van der Waals surface area contributed by atoms with E-state index in [1.807, 2.05) is 0 Å². The minimum absolute atomic E-state index is 0.598. The summed E-state index contributed by atoms with van der Waals surface area (Å²) >= 11 is 0. The molecule has 1 N–H and O–H groups in total. The fourth-order valence-electron chi connectivity index (χ4n) is 1.41. The van der Waals surface area contributed by atoms with Gasteiger partial charge in [-0.15, -0.1) is 12.3 Å². The van der Waals surface area contributed by atoms with Crippen LogP contribution in [0.15, 0.2) is 24.3 Å². The van der Waals surface area contributed by atoms with Crippen molar-refractivity contribution in [3.05, 3.63) is 29.8 Å². The van der Waals surface area contributed by atoms with Crippen molar-refractivity contribution in [3.63, 3.8) is 0 Å². The Labute approximate surface area is 92.9 Å². The maximum absolute atomic E-state index is 5.18. The molecule has 0 spiro atoms. The van der Waals surface area contributed by atoms with Gasteiger partial charge >= 0.3 is 0 Å². The van der Waals surface area contributed by atoms with Crippen LogP contribution in [0.25, 0.3) is 0 Å². The van der Waals surface area contributed by atoms with E-state index < -0.39 is 0 Å². The fraction of sp³-hybridized carbons (Fsp3) is 0.429. The van der Waals surface area contributed by atoms with Crippen LogP contribution in [0.2, 0.25) is 0 Å². The average Bonchev–Trinajstić information content (AvgIpc) is 2.25. The Morgan fingerprint density at radius 2 is 1.93 bits per heavy atom. The summed E-state index contributed by atoms with van der Waals surface area (Å²) in [6.07, 6.45) is 7.06. The molecule has 15 heavy (non-hydrogen) atoms. The molecular formula is C14H19N. The van der Waals surface area contributed by atoms with Crippen molar-refractivity contribution >= 4 is 5.69 Å². The normalized spacial score (nSPS) is 10.0. The van der Waals surface area contributed by atoms with Crippen LogP contribution in [0.3, 0.4) is 0 Å². The van der Waals surface area contributed by atoms with Crippen LogP contribution >= 0.6 is 0 Å². The highest BCUT2D eigenvalue weighted by Gasteiger charge is 1.97. The van der Waals surface area contributed by atoms with Gasteiger partial charge < -0.3 is 5.32 Å². The molecule has 1 aromatic carbocycles. The highest BCUT2D eigenvalue weighted by atomic mass is 14.9. The lowest BCUT2D eigenvalue weighted by Crippen LogP contribution is -2.00. The third-order valence-corrected chi connectivity index (χ3v) is 2.40. The molecule has 0 aliphatic heterocycles. The van der Waals surface area contributed by atoms with Gasteiger partial charge in [-0.25, -0.2) is 0 Å². The van der Waals surface area contributed by atoms with E-state index in [2.05, 4.69) is 49.4 Å².